The highest BCUT2D eigenvalue weighted by atomic mass is 15.3. The van der Waals surface area contributed by atoms with E-state index in [-0.39, 0.29) is 0 Å². The van der Waals surface area contributed by atoms with Crippen LogP contribution in [0, 0.1) is 18.3 Å². The van der Waals surface area contributed by atoms with Crippen molar-refractivity contribution in [1.29, 1.82) is 5.26 Å². The molecule has 0 unspecified atom stereocenters. The summed E-state index contributed by atoms with van der Waals surface area (Å²) in [6, 6.07) is 19.4. The molecule has 0 saturated heterocycles. The van der Waals surface area contributed by atoms with Crippen LogP contribution < -0.4 is 0 Å². The number of nitrogens with one attached hydrogen (secondary N) is 1. The number of aromatic amines is 1. The summed E-state index contributed by atoms with van der Waals surface area (Å²) in [5.41, 5.74) is 7.45. The number of hydrogen-bond acceptors (Lipinski definition) is 6. The number of benzene rings is 2. The number of nitrogens with zero attached hydrogens (tertiary/aromatic N) is 7. The zero-order valence-electron chi connectivity index (χ0n) is 17.6. The minimum absolute atomic E-state index is 0.560. The fourth-order valence-corrected chi connectivity index (χ4v) is 3.91. The largest absolute Gasteiger partial charge is 0.278 e. The lowest BCUT2D eigenvalue weighted by Crippen LogP contribution is -2.03. The zero-order chi connectivity index (χ0) is 22.4. The minimum Gasteiger partial charge on any atom is -0.278 e. The van der Waals surface area contributed by atoms with Crippen LogP contribution >= 0.6 is 0 Å². The van der Waals surface area contributed by atoms with Gasteiger partial charge in [-0.1, -0.05) is 12.1 Å². The maximum Gasteiger partial charge on any atom is 0.179 e. The average Bonchev–Trinajstić information content (AvgIpc) is 3.53. The summed E-state index contributed by atoms with van der Waals surface area (Å²) in [5, 5.41) is 21.7. The van der Waals surface area contributed by atoms with Crippen LogP contribution in [0.4, 0.5) is 0 Å². The summed E-state index contributed by atoms with van der Waals surface area (Å²) in [7, 11) is 0. The van der Waals surface area contributed by atoms with Crippen molar-refractivity contribution in [2.45, 2.75) is 6.92 Å². The van der Waals surface area contributed by atoms with Crippen molar-refractivity contribution in [3.8, 4) is 34.4 Å². The lowest BCUT2D eigenvalue weighted by atomic mass is 10.1. The molecule has 0 amide bonds. The summed E-state index contributed by atoms with van der Waals surface area (Å²) in [6.07, 6.45) is 5.36. The first-order valence-corrected chi connectivity index (χ1v) is 10.3. The highest BCUT2D eigenvalue weighted by Crippen LogP contribution is 2.27. The van der Waals surface area contributed by atoms with Crippen LogP contribution in [0.5, 0.6) is 0 Å². The fraction of sp³-hybridized carbons (Fsp3) is 0.0400. The van der Waals surface area contributed by atoms with Gasteiger partial charge in [-0.3, -0.25) is 10.1 Å². The third-order valence-electron chi connectivity index (χ3n) is 5.60. The molecule has 1 N–H and O–H groups in total. The lowest BCUT2D eigenvalue weighted by Gasteiger charge is -2.10. The highest BCUT2D eigenvalue weighted by Gasteiger charge is 2.14. The number of rotatable bonds is 3. The van der Waals surface area contributed by atoms with Crippen molar-refractivity contribution < 1.29 is 0 Å². The summed E-state index contributed by atoms with van der Waals surface area (Å²) < 4.78 is 1.77. The summed E-state index contributed by atoms with van der Waals surface area (Å²) in [4.78, 5) is 14.2. The van der Waals surface area contributed by atoms with Gasteiger partial charge < -0.3 is 0 Å². The number of fused-ring (bicyclic) bond motifs is 2. The van der Waals surface area contributed by atoms with E-state index < -0.39 is 0 Å². The molecular formula is C25H16N8. The topological polar surface area (TPSA) is 109 Å². The Labute approximate surface area is 188 Å². The Bertz CT molecular complexity index is 1690. The van der Waals surface area contributed by atoms with Crippen LogP contribution in [0.2, 0.25) is 0 Å². The maximum absolute atomic E-state index is 9.07. The Morgan fingerprint density at radius 2 is 1.82 bits per heavy atom. The van der Waals surface area contributed by atoms with E-state index >= 15 is 0 Å². The molecule has 0 spiro atoms. The molecule has 4 heterocycles. The maximum atomic E-state index is 9.07. The second kappa shape index (κ2) is 7.35. The van der Waals surface area contributed by atoms with Gasteiger partial charge in [0.25, 0.3) is 0 Å². The average molecular weight is 428 g/mol. The monoisotopic (exact) mass is 428 g/mol. The van der Waals surface area contributed by atoms with Gasteiger partial charge in [0.2, 0.25) is 0 Å². The number of aryl methyl sites for hydroxylation is 1. The predicted molar refractivity (Wildman–Crippen MR) is 124 cm³/mol. The van der Waals surface area contributed by atoms with Crippen molar-refractivity contribution in [3.05, 3.63) is 84.4 Å². The number of aromatic nitrogens is 7. The first kappa shape index (κ1) is 18.8. The molecule has 156 valence electrons. The van der Waals surface area contributed by atoms with Gasteiger partial charge in [0.05, 0.1) is 46.4 Å². The number of pyridine rings is 1. The lowest BCUT2D eigenvalue weighted by molar-refractivity contribution is 0.878. The van der Waals surface area contributed by atoms with Crippen LogP contribution in [-0.2, 0) is 0 Å². The van der Waals surface area contributed by atoms with E-state index in [4.69, 9.17) is 15.2 Å². The first-order valence-electron chi connectivity index (χ1n) is 10.3. The van der Waals surface area contributed by atoms with Crippen molar-refractivity contribution in [2.24, 2.45) is 0 Å². The van der Waals surface area contributed by atoms with E-state index in [1.807, 2.05) is 43.5 Å². The minimum atomic E-state index is 0.560. The normalized spacial score (nSPS) is 11.2. The van der Waals surface area contributed by atoms with Gasteiger partial charge in [0.15, 0.2) is 5.82 Å². The molecule has 8 nitrogen and oxygen atoms in total. The van der Waals surface area contributed by atoms with E-state index in [2.05, 4.69) is 38.5 Å². The Morgan fingerprint density at radius 3 is 2.67 bits per heavy atom. The van der Waals surface area contributed by atoms with E-state index in [1.165, 1.54) is 0 Å². The first-order chi connectivity index (χ1) is 16.2. The van der Waals surface area contributed by atoms with E-state index in [9.17, 15) is 0 Å². The molecule has 33 heavy (non-hydrogen) atoms. The van der Waals surface area contributed by atoms with Gasteiger partial charge in [-0.05, 0) is 55.0 Å². The summed E-state index contributed by atoms with van der Waals surface area (Å²) in [5.74, 6) is 0.560. The van der Waals surface area contributed by atoms with Crippen molar-refractivity contribution in [2.75, 3.05) is 0 Å². The standard InChI is InChI=1S/C25H16N8/c1-15-24-22(11-19(13-27-24)17-4-5-18-14-28-32-21(18)10-17)31-25(30-15)23-8-9-29-33(23)20-6-2-16(12-26)3-7-20/h2-11,13-14H,1H3,(H,28,32). The number of H-pyrrole nitrogens is 1. The third-order valence-corrected chi connectivity index (χ3v) is 5.60. The molecule has 2 aromatic carbocycles. The molecule has 0 bridgehead atoms. The van der Waals surface area contributed by atoms with E-state index in [0.717, 1.165) is 50.1 Å². The Hall–Kier alpha value is -4.90. The molecule has 6 rings (SSSR count). The second-order valence-electron chi connectivity index (χ2n) is 7.68. The fourth-order valence-electron chi connectivity index (χ4n) is 3.91. The van der Waals surface area contributed by atoms with E-state index in [0.29, 0.717) is 11.4 Å². The van der Waals surface area contributed by atoms with Gasteiger partial charge in [0.1, 0.15) is 11.2 Å². The van der Waals surface area contributed by atoms with Crippen molar-refractivity contribution >= 4 is 21.9 Å². The smallest absolute Gasteiger partial charge is 0.179 e. The van der Waals surface area contributed by atoms with Gasteiger partial charge in [0, 0.05) is 17.1 Å². The molecule has 6 aromatic rings. The molecule has 8 heteroatoms. The Balaban J connectivity index is 1.46. The third kappa shape index (κ3) is 3.20. The molecule has 0 aliphatic rings. The molecule has 0 fully saturated rings. The quantitative estimate of drug-likeness (QED) is 0.441. The van der Waals surface area contributed by atoms with Gasteiger partial charge in [-0.25, -0.2) is 14.6 Å². The van der Waals surface area contributed by atoms with Gasteiger partial charge >= 0.3 is 0 Å². The summed E-state index contributed by atoms with van der Waals surface area (Å²) >= 11 is 0. The van der Waals surface area contributed by atoms with Crippen molar-refractivity contribution in [3.63, 3.8) is 0 Å². The zero-order valence-corrected chi connectivity index (χ0v) is 17.6. The Kier molecular flexibility index (Phi) is 4.20. The highest BCUT2D eigenvalue weighted by molar-refractivity contribution is 5.87. The summed E-state index contributed by atoms with van der Waals surface area (Å²) in [6.45, 7) is 1.93. The van der Waals surface area contributed by atoms with Gasteiger partial charge in [-0.2, -0.15) is 15.5 Å². The van der Waals surface area contributed by atoms with Crippen molar-refractivity contribution in [1.82, 2.24) is 34.9 Å². The molecule has 4 aromatic heterocycles. The van der Waals surface area contributed by atoms with E-state index in [1.54, 1.807) is 29.2 Å². The molecular weight excluding hydrogens is 412 g/mol. The molecule has 0 atom stereocenters. The SMILES string of the molecule is Cc1nc(-c2ccnn2-c2ccc(C#N)cc2)nc2cc(-c3ccc4cn[nH]c4c3)cnc12. The molecule has 0 saturated carbocycles. The van der Waals surface area contributed by atoms with Crippen LogP contribution in [0.25, 0.3) is 50.3 Å². The molecule has 0 radical (unpaired) electrons. The Morgan fingerprint density at radius 1 is 0.939 bits per heavy atom. The molecule has 0 aliphatic carbocycles. The van der Waals surface area contributed by atoms with Crippen LogP contribution in [0.1, 0.15) is 11.3 Å². The van der Waals surface area contributed by atoms with Crippen LogP contribution in [-0.4, -0.2) is 34.9 Å². The van der Waals surface area contributed by atoms with Gasteiger partial charge in [-0.15, -0.1) is 0 Å². The van der Waals surface area contributed by atoms with Crippen LogP contribution in [0.3, 0.4) is 0 Å². The molecule has 0 aliphatic heterocycles. The second-order valence-corrected chi connectivity index (χ2v) is 7.68. The number of nitriles is 1. The predicted octanol–water partition coefficient (Wildman–Crippen LogP) is 4.60. The number of hydrogen-bond donors (Lipinski definition) is 1. The van der Waals surface area contributed by atoms with Crippen LogP contribution in [0.15, 0.2) is 73.2 Å².